The summed E-state index contributed by atoms with van der Waals surface area (Å²) in [6.07, 6.45) is 6.90. The fourth-order valence-electron chi connectivity index (χ4n) is 3.98. The number of piperidine rings is 1. The number of likely N-dealkylation sites (tertiary alicyclic amines) is 1. The first kappa shape index (κ1) is 20.7. The standard InChI is InChI=1S/C20H39N3O2/c1-5-6-7-8-17-25-19(24)20(2,3)23-11-9-18(10-12-23)22-15-13-21(4)14-16-22/h18H,5-17H2,1-4H3. The number of hydrogen-bond acceptors (Lipinski definition) is 5. The Morgan fingerprint density at radius 2 is 1.64 bits per heavy atom. The van der Waals surface area contributed by atoms with Crippen LogP contribution in [0.2, 0.25) is 0 Å². The van der Waals surface area contributed by atoms with Gasteiger partial charge in [0.05, 0.1) is 6.61 Å². The lowest BCUT2D eigenvalue weighted by molar-refractivity contribution is -0.157. The van der Waals surface area contributed by atoms with E-state index in [1.807, 2.05) is 13.8 Å². The molecular formula is C20H39N3O2. The van der Waals surface area contributed by atoms with Gasteiger partial charge in [-0.2, -0.15) is 0 Å². The molecule has 0 N–H and O–H groups in total. The van der Waals surface area contributed by atoms with Crippen LogP contribution in [0.4, 0.5) is 0 Å². The molecule has 2 rings (SSSR count). The number of hydrogen-bond donors (Lipinski definition) is 0. The molecule has 0 bridgehead atoms. The van der Waals surface area contributed by atoms with Crippen molar-refractivity contribution in [3.8, 4) is 0 Å². The number of carbonyl (C=O) groups excluding carboxylic acids is 1. The molecule has 5 nitrogen and oxygen atoms in total. The van der Waals surface area contributed by atoms with Gasteiger partial charge in [0.2, 0.25) is 0 Å². The van der Waals surface area contributed by atoms with Crippen molar-refractivity contribution < 1.29 is 9.53 Å². The van der Waals surface area contributed by atoms with Crippen LogP contribution >= 0.6 is 0 Å². The lowest BCUT2D eigenvalue weighted by Gasteiger charge is -2.45. The first-order valence-electron chi connectivity index (χ1n) is 10.3. The minimum Gasteiger partial charge on any atom is -0.464 e. The first-order valence-corrected chi connectivity index (χ1v) is 10.3. The number of nitrogens with zero attached hydrogens (tertiary/aromatic N) is 3. The summed E-state index contributed by atoms with van der Waals surface area (Å²) >= 11 is 0. The third-order valence-corrected chi connectivity index (χ3v) is 6.04. The molecule has 0 spiro atoms. The van der Waals surface area contributed by atoms with Gasteiger partial charge in [0.15, 0.2) is 0 Å². The summed E-state index contributed by atoms with van der Waals surface area (Å²) in [6, 6.07) is 0.686. The second kappa shape index (κ2) is 9.89. The maximum absolute atomic E-state index is 12.5. The van der Waals surface area contributed by atoms with Crippen LogP contribution in [0.25, 0.3) is 0 Å². The minimum atomic E-state index is -0.502. The number of likely N-dealkylation sites (N-methyl/N-ethyl adjacent to an activating group) is 1. The van der Waals surface area contributed by atoms with Crippen LogP contribution < -0.4 is 0 Å². The van der Waals surface area contributed by atoms with Crippen LogP contribution in [0.1, 0.15) is 59.3 Å². The van der Waals surface area contributed by atoms with E-state index in [0.717, 1.165) is 38.8 Å². The Kier molecular flexibility index (Phi) is 8.17. The molecule has 25 heavy (non-hydrogen) atoms. The number of ether oxygens (including phenoxy) is 1. The van der Waals surface area contributed by atoms with Crippen molar-refractivity contribution in [2.24, 2.45) is 0 Å². The number of carbonyl (C=O) groups is 1. The molecule has 0 aliphatic carbocycles. The van der Waals surface area contributed by atoms with E-state index in [9.17, 15) is 4.79 Å². The molecule has 0 aromatic rings. The first-order chi connectivity index (χ1) is 11.9. The third kappa shape index (κ3) is 5.93. The molecule has 0 atom stereocenters. The quantitative estimate of drug-likeness (QED) is 0.495. The zero-order valence-electron chi connectivity index (χ0n) is 16.9. The second-order valence-corrected chi connectivity index (χ2v) is 8.31. The van der Waals surface area contributed by atoms with E-state index in [-0.39, 0.29) is 5.97 Å². The van der Waals surface area contributed by atoms with Gasteiger partial charge in [0, 0.05) is 45.3 Å². The molecule has 2 saturated heterocycles. The SMILES string of the molecule is CCCCCCOC(=O)C(C)(C)N1CCC(N2CCN(C)CC2)CC1. The van der Waals surface area contributed by atoms with Gasteiger partial charge in [-0.1, -0.05) is 26.2 Å². The highest BCUT2D eigenvalue weighted by atomic mass is 16.5. The Bertz CT molecular complexity index is 398. The normalized spacial score (nSPS) is 22.2. The lowest BCUT2D eigenvalue weighted by Crippen LogP contribution is -2.57. The summed E-state index contributed by atoms with van der Waals surface area (Å²) < 4.78 is 5.57. The second-order valence-electron chi connectivity index (χ2n) is 8.31. The number of rotatable bonds is 8. The Balaban J connectivity index is 1.73. The fourth-order valence-corrected chi connectivity index (χ4v) is 3.98. The monoisotopic (exact) mass is 353 g/mol. The summed E-state index contributed by atoms with van der Waals surface area (Å²) in [6.45, 7) is 13.5. The van der Waals surface area contributed by atoms with Crippen molar-refractivity contribution >= 4 is 5.97 Å². The molecule has 2 aliphatic rings. The zero-order valence-corrected chi connectivity index (χ0v) is 16.9. The predicted molar refractivity (Wildman–Crippen MR) is 103 cm³/mol. The highest BCUT2D eigenvalue weighted by Gasteiger charge is 2.39. The predicted octanol–water partition coefficient (Wildman–Crippen LogP) is 2.60. The van der Waals surface area contributed by atoms with Crippen molar-refractivity contribution in [2.45, 2.75) is 70.9 Å². The molecule has 2 heterocycles. The van der Waals surface area contributed by atoms with Crippen molar-refractivity contribution in [1.82, 2.24) is 14.7 Å². The van der Waals surface area contributed by atoms with E-state index in [1.54, 1.807) is 0 Å². The van der Waals surface area contributed by atoms with E-state index in [2.05, 4.69) is 28.7 Å². The Hall–Kier alpha value is -0.650. The molecule has 5 heteroatoms. The van der Waals surface area contributed by atoms with Crippen LogP contribution in [0.15, 0.2) is 0 Å². The van der Waals surface area contributed by atoms with E-state index in [1.165, 1.54) is 39.0 Å². The maximum Gasteiger partial charge on any atom is 0.325 e. The van der Waals surface area contributed by atoms with Gasteiger partial charge in [0.1, 0.15) is 5.54 Å². The fraction of sp³-hybridized carbons (Fsp3) is 0.950. The van der Waals surface area contributed by atoms with Crippen molar-refractivity contribution in [3.05, 3.63) is 0 Å². The molecule has 146 valence electrons. The molecule has 0 aromatic heterocycles. The molecular weight excluding hydrogens is 314 g/mol. The van der Waals surface area contributed by atoms with Gasteiger partial charge in [-0.3, -0.25) is 14.6 Å². The average Bonchev–Trinajstić information content (AvgIpc) is 2.62. The molecule has 0 amide bonds. The van der Waals surface area contributed by atoms with Crippen LogP contribution in [-0.2, 0) is 9.53 Å². The van der Waals surface area contributed by atoms with Crippen LogP contribution in [0, 0.1) is 0 Å². The summed E-state index contributed by atoms with van der Waals surface area (Å²) in [5.41, 5.74) is -0.502. The van der Waals surface area contributed by atoms with E-state index in [4.69, 9.17) is 4.74 Å². The highest BCUT2D eigenvalue weighted by molar-refractivity contribution is 5.79. The van der Waals surface area contributed by atoms with Gasteiger partial charge in [-0.25, -0.2) is 0 Å². The van der Waals surface area contributed by atoms with Crippen LogP contribution in [0.3, 0.4) is 0 Å². The summed E-state index contributed by atoms with van der Waals surface area (Å²) in [7, 11) is 2.20. The molecule has 2 aliphatic heterocycles. The Morgan fingerprint density at radius 3 is 2.24 bits per heavy atom. The number of unbranched alkanes of at least 4 members (excludes halogenated alkanes) is 3. The van der Waals surface area contributed by atoms with E-state index in [0.29, 0.717) is 12.6 Å². The molecule has 0 aromatic carbocycles. The van der Waals surface area contributed by atoms with Gasteiger partial charge in [0.25, 0.3) is 0 Å². The maximum atomic E-state index is 12.5. The van der Waals surface area contributed by atoms with Gasteiger partial charge < -0.3 is 9.64 Å². The van der Waals surface area contributed by atoms with Crippen molar-refractivity contribution in [2.75, 3.05) is 52.9 Å². The third-order valence-electron chi connectivity index (χ3n) is 6.04. The van der Waals surface area contributed by atoms with Gasteiger partial charge >= 0.3 is 5.97 Å². The molecule has 2 fully saturated rings. The summed E-state index contributed by atoms with van der Waals surface area (Å²) in [4.78, 5) is 19.9. The van der Waals surface area contributed by atoms with E-state index < -0.39 is 5.54 Å². The largest absolute Gasteiger partial charge is 0.464 e. The summed E-state index contributed by atoms with van der Waals surface area (Å²) in [5.74, 6) is -0.0537. The zero-order chi connectivity index (χ0) is 18.3. The number of piperazine rings is 1. The van der Waals surface area contributed by atoms with Crippen LogP contribution in [0.5, 0.6) is 0 Å². The van der Waals surface area contributed by atoms with Crippen LogP contribution in [-0.4, -0.2) is 85.2 Å². The Labute approximate surface area is 154 Å². The molecule has 0 unspecified atom stereocenters. The van der Waals surface area contributed by atoms with E-state index >= 15 is 0 Å². The molecule has 0 saturated carbocycles. The van der Waals surface area contributed by atoms with Crippen molar-refractivity contribution in [1.29, 1.82) is 0 Å². The number of esters is 1. The van der Waals surface area contributed by atoms with Crippen molar-refractivity contribution in [3.63, 3.8) is 0 Å². The molecule has 0 radical (unpaired) electrons. The summed E-state index contributed by atoms with van der Waals surface area (Å²) in [5, 5.41) is 0. The van der Waals surface area contributed by atoms with Gasteiger partial charge in [-0.15, -0.1) is 0 Å². The highest BCUT2D eigenvalue weighted by Crippen LogP contribution is 2.25. The average molecular weight is 354 g/mol. The Morgan fingerprint density at radius 1 is 1.00 bits per heavy atom. The van der Waals surface area contributed by atoms with Gasteiger partial charge in [-0.05, 0) is 40.2 Å². The topological polar surface area (TPSA) is 36.0 Å². The minimum absolute atomic E-state index is 0.0537. The lowest BCUT2D eigenvalue weighted by atomic mass is 9.95. The smallest absolute Gasteiger partial charge is 0.325 e.